The van der Waals surface area contributed by atoms with E-state index in [0.717, 1.165) is 40.8 Å². The van der Waals surface area contributed by atoms with Crippen LogP contribution in [0.2, 0.25) is 0 Å². The monoisotopic (exact) mass is 314 g/mol. The Hall–Kier alpha value is -3.01. The third kappa shape index (κ3) is 3.04. The van der Waals surface area contributed by atoms with Crippen molar-refractivity contribution < 1.29 is 0 Å². The quantitative estimate of drug-likeness (QED) is 0.616. The number of rotatable bonds is 4. The van der Waals surface area contributed by atoms with Gasteiger partial charge in [0.05, 0.1) is 17.4 Å². The van der Waals surface area contributed by atoms with Crippen LogP contribution in [-0.2, 0) is 12.8 Å². The number of fused-ring (bicyclic) bond motifs is 1. The molecule has 4 nitrogen and oxygen atoms in total. The van der Waals surface area contributed by atoms with Crippen LogP contribution in [0.1, 0.15) is 17.0 Å². The summed E-state index contributed by atoms with van der Waals surface area (Å²) >= 11 is 0. The molecule has 4 heteroatoms. The highest BCUT2D eigenvalue weighted by Gasteiger charge is 2.04. The van der Waals surface area contributed by atoms with Crippen LogP contribution in [0.4, 0.5) is 0 Å². The lowest BCUT2D eigenvalue weighted by atomic mass is 10.1. The zero-order valence-electron chi connectivity index (χ0n) is 13.5. The molecule has 2 heterocycles. The molecule has 0 unspecified atom stereocenters. The molecule has 0 aliphatic heterocycles. The van der Waals surface area contributed by atoms with E-state index in [0.29, 0.717) is 0 Å². The van der Waals surface area contributed by atoms with Crippen molar-refractivity contribution in [3.05, 3.63) is 78.1 Å². The van der Waals surface area contributed by atoms with Gasteiger partial charge in [0.2, 0.25) is 0 Å². The van der Waals surface area contributed by atoms with E-state index in [-0.39, 0.29) is 0 Å². The normalized spacial score (nSPS) is 11.0. The molecule has 24 heavy (non-hydrogen) atoms. The molecule has 0 bridgehead atoms. The molecule has 4 aromatic rings. The molecule has 0 amide bonds. The van der Waals surface area contributed by atoms with Gasteiger partial charge >= 0.3 is 0 Å². The van der Waals surface area contributed by atoms with Crippen molar-refractivity contribution in [1.29, 1.82) is 0 Å². The first kappa shape index (κ1) is 14.6. The largest absolute Gasteiger partial charge is 0.345 e. The Labute approximate surface area is 140 Å². The summed E-state index contributed by atoms with van der Waals surface area (Å²) in [7, 11) is 0. The van der Waals surface area contributed by atoms with E-state index in [1.165, 1.54) is 11.1 Å². The maximum absolute atomic E-state index is 4.52. The summed E-state index contributed by atoms with van der Waals surface area (Å²) in [6, 6.07) is 14.8. The second-order valence-electron chi connectivity index (χ2n) is 6.01. The lowest BCUT2D eigenvalue weighted by Gasteiger charge is -2.04. The van der Waals surface area contributed by atoms with E-state index in [1.54, 1.807) is 6.33 Å². The fourth-order valence-corrected chi connectivity index (χ4v) is 2.76. The van der Waals surface area contributed by atoms with E-state index in [1.807, 2.05) is 24.5 Å². The predicted molar refractivity (Wildman–Crippen MR) is 95.7 cm³/mol. The van der Waals surface area contributed by atoms with Gasteiger partial charge in [0, 0.05) is 24.4 Å². The molecular weight excluding hydrogens is 296 g/mol. The van der Waals surface area contributed by atoms with Gasteiger partial charge in [-0.3, -0.25) is 0 Å². The SMILES string of the molecule is Cc1ccc(CCc2ncc(-c3ccc4nc[nH]c4c3)cn2)cc1. The average molecular weight is 314 g/mol. The van der Waals surface area contributed by atoms with E-state index < -0.39 is 0 Å². The summed E-state index contributed by atoms with van der Waals surface area (Å²) < 4.78 is 0. The van der Waals surface area contributed by atoms with E-state index in [2.05, 4.69) is 57.2 Å². The van der Waals surface area contributed by atoms with Crippen molar-refractivity contribution in [3.63, 3.8) is 0 Å². The van der Waals surface area contributed by atoms with Crippen molar-refractivity contribution in [2.24, 2.45) is 0 Å². The van der Waals surface area contributed by atoms with Crippen LogP contribution >= 0.6 is 0 Å². The topological polar surface area (TPSA) is 54.5 Å². The fourth-order valence-electron chi connectivity index (χ4n) is 2.76. The predicted octanol–water partition coefficient (Wildman–Crippen LogP) is 4.11. The molecular formula is C20H18N4. The minimum Gasteiger partial charge on any atom is -0.345 e. The highest BCUT2D eigenvalue weighted by Crippen LogP contribution is 2.21. The molecule has 0 spiro atoms. The van der Waals surface area contributed by atoms with Crippen molar-refractivity contribution >= 4 is 11.0 Å². The van der Waals surface area contributed by atoms with Crippen LogP contribution < -0.4 is 0 Å². The maximum Gasteiger partial charge on any atom is 0.128 e. The van der Waals surface area contributed by atoms with Gasteiger partial charge in [0.1, 0.15) is 5.82 Å². The zero-order chi connectivity index (χ0) is 16.4. The summed E-state index contributed by atoms with van der Waals surface area (Å²) in [6.45, 7) is 2.10. The number of aromatic amines is 1. The number of hydrogen-bond acceptors (Lipinski definition) is 3. The van der Waals surface area contributed by atoms with Crippen LogP contribution in [0.25, 0.3) is 22.2 Å². The number of benzene rings is 2. The lowest BCUT2D eigenvalue weighted by molar-refractivity contribution is 0.858. The number of nitrogens with one attached hydrogen (secondary N) is 1. The van der Waals surface area contributed by atoms with Gasteiger partial charge in [0.25, 0.3) is 0 Å². The summed E-state index contributed by atoms with van der Waals surface area (Å²) in [4.78, 5) is 16.4. The van der Waals surface area contributed by atoms with Crippen molar-refractivity contribution in [2.75, 3.05) is 0 Å². The summed E-state index contributed by atoms with van der Waals surface area (Å²) in [5, 5.41) is 0. The van der Waals surface area contributed by atoms with Crippen LogP contribution in [-0.4, -0.2) is 19.9 Å². The van der Waals surface area contributed by atoms with E-state index in [4.69, 9.17) is 0 Å². The second-order valence-corrected chi connectivity index (χ2v) is 6.01. The van der Waals surface area contributed by atoms with Gasteiger partial charge < -0.3 is 4.98 Å². The maximum atomic E-state index is 4.52. The van der Waals surface area contributed by atoms with E-state index in [9.17, 15) is 0 Å². The first-order chi connectivity index (χ1) is 11.8. The van der Waals surface area contributed by atoms with Gasteiger partial charge in [-0.15, -0.1) is 0 Å². The van der Waals surface area contributed by atoms with Gasteiger partial charge in [0.15, 0.2) is 0 Å². The number of aryl methyl sites for hydroxylation is 3. The van der Waals surface area contributed by atoms with Gasteiger partial charge in [-0.1, -0.05) is 35.9 Å². The summed E-state index contributed by atoms with van der Waals surface area (Å²) in [6.07, 6.45) is 7.31. The van der Waals surface area contributed by atoms with Crippen LogP contribution in [0.15, 0.2) is 61.2 Å². The molecule has 118 valence electrons. The molecule has 0 saturated heterocycles. The summed E-state index contributed by atoms with van der Waals surface area (Å²) in [5.41, 5.74) is 6.71. The van der Waals surface area contributed by atoms with Crippen LogP contribution in [0.3, 0.4) is 0 Å². The smallest absolute Gasteiger partial charge is 0.128 e. The molecule has 0 aliphatic rings. The molecule has 0 fully saturated rings. The number of hydrogen-bond donors (Lipinski definition) is 1. The standard InChI is InChI=1S/C20H18N4/c1-14-2-4-15(5-3-14)6-9-20-21-11-17(12-22-20)16-7-8-18-19(10-16)24-13-23-18/h2-5,7-8,10-13H,6,9H2,1H3,(H,23,24). The molecule has 0 atom stereocenters. The molecule has 0 aliphatic carbocycles. The van der Waals surface area contributed by atoms with Gasteiger partial charge in [-0.05, 0) is 36.6 Å². The van der Waals surface area contributed by atoms with Crippen LogP contribution in [0.5, 0.6) is 0 Å². The Morgan fingerprint density at radius 1 is 0.833 bits per heavy atom. The minimum absolute atomic E-state index is 0.850. The number of H-pyrrole nitrogens is 1. The fraction of sp³-hybridized carbons (Fsp3) is 0.150. The summed E-state index contributed by atoms with van der Waals surface area (Å²) in [5.74, 6) is 0.877. The lowest BCUT2D eigenvalue weighted by Crippen LogP contribution is -1.98. The Morgan fingerprint density at radius 3 is 2.42 bits per heavy atom. The molecule has 0 saturated carbocycles. The molecule has 0 radical (unpaired) electrons. The number of aromatic nitrogens is 4. The Balaban J connectivity index is 1.48. The highest BCUT2D eigenvalue weighted by atomic mass is 14.9. The number of imidazole rings is 1. The first-order valence-corrected chi connectivity index (χ1v) is 8.08. The zero-order valence-corrected chi connectivity index (χ0v) is 13.5. The van der Waals surface area contributed by atoms with Crippen LogP contribution in [0, 0.1) is 6.92 Å². The number of nitrogens with zero attached hydrogens (tertiary/aromatic N) is 3. The first-order valence-electron chi connectivity index (χ1n) is 8.08. The Kier molecular flexibility index (Phi) is 3.79. The average Bonchev–Trinajstić information content (AvgIpc) is 3.09. The molecule has 4 rings (SSSR count). The molecule has 2 aromatic heterocycles. The Morgan fingerprint density at radius 2 is 1.62 bits per heavy atom. The second kappa shape index (κ2) is 6.24. The van der Waals surface area contributed by atoms with Crippen molar-refractivity contribution in [1.82, 2.24) is 19.9 Å². The van der Waals surface area contributed by atoms with Gasteiger partial charge in [-0.25, -0.2) is 15.0 Å². The molecule has 2 aromatic carbocycles. The Bertz CT molecular complexity index is 953. The van der Waals surface area contributed by atoms with E-state index >= 15 is 0 Å². The third-order valence-corrected chi connectivity index (χ3v) is 4.22. The minimum atomic E-state index is 0.850. The third-order valence-electron chi connectivity index (χ3n) is 4.22. The highest BCUT2D eigenvalue weighted by molar-refractivity contribution is 5.81. The molecule has 1 N–H and O–H groups in total. The van der Waals surface area contributed by atoms with Gasteiger partial charge in [-0.2, -0.15) is 0 Å². The van der Waals surface area contributed by atoms with Crippen molar-refractivity contribution in [3.8, 4) is 11.1 Å². The van der Waals surface area contributed by atoms with Crippen molar-refractivity contribution in [2.45, 2.75) is 19.8 Å².